The van der Waals surface area contributed by atoms with Gasteiger partial charge in [0, 0.05) is 37.6 Å². The molecular weight excluding hydrogens is 310 g/mol. The number of amides is 2. The lowest BCUT2D eigenvalue weighted by Crippen LogP contribution is -2.56. The van der Waals surface area contributed by atoms with E-state index in [4.69, 9.17) is 0 Å². The molecule has 2 amide bonds. The van der Waals surface area contributed by atoms with E-state index >= 15 is 0 Å². The minimum atomic E-state index is -0.332. The van der Waals surface area contributed by atoms with Crippen molar-refractivity contribution in [3.8, 4) is 0 Å². The molecule has 2 fully saturated rings. The Hall–Kier alpha value is -1.40. The van der Waals surface area contributed by atoms with Gasteiger partial charge in [-0.1, -0.05) is 18.9 Å². The summed E-state index contributed by atoms with van der Waals surface area (Å²) in [6.45, 7) is 3.92. The fourth-order valence-electron chi connectivity index (χ4n) is 3.39. The maximum Gasteiger partial charge on any atom is 0.237 e. The van der Waals surface area contributed by atoms with Crippen LogP contribution in [0.2, 0.25) is 0 Å². The molecule has 6 heteroatoms. The Balaban J connectivity index is 1.64. The van der Waals surface area contributed by atoms with Crippen molar-refractivity contribution in [1.29, 1.82) is 0 Å². The zero-order valence-electron chi connectivity index (χ0n) is 13.5. The molecule has 3 heterocycles. The second-order valence-electron chi connectivity index (χ2n) is 6.36. The molecular formula is C17H25N3O2S. The fraction of sp³-hybridized carbons (Fsp3) is 0.647. The molecule has 1 unspecified atom stereocenters. The van der Waals surface area contributed by atoms with Crippen molar-refractivity contribution in [1.82, 2.24) is 15.1 Å². The summed E-state index contributed by atoms with van der Waals surface area (Å²) in [6.07, 6.45) is 4.89. The fourth-order valence-corrected chi connectivity index (χ4v) is 4.12. The Bertz CT molecular complexity index is 524. The van der Waals surface area contributed by atoms with Crippen LogP contribution < -0.4 is 5.32 Å². The molecule has 23 heavy (non-hydrogen) atoms. The highest BCUT2D eigenvalue weighted by Gasteiger charge is 2.33. The molecule has 5 nitrogen and oxygen atoms in total. The first kappa shape index (κ1) is 16.5. The molecule has 0 aliphatic carbocycles. The first-order valence-electron chi connectivity index (χ1n) is 8.56. The third-order valence-corrected chi connectivity index (χ3v) is 5.57. The van der Waals surface area contributed by atoms with Crippen LogP contribution >= 0.6 is 11.3 Å². The van der Waals surface area contributed by atoms with Crippen molar-refractivity contribution in [2.75, 3.05) is 26.2 Å². The minimum Gasteiger partial charge on any atom is -0.353 e. The van der Waals surface area contributed by atoms with Gasteiger partial charge >= 0.3 is 0 Å². The summed E-state index contributed by atoms with van der Waals surface area (Å²) in [5.74, 6) is 0.126. The molecule has 1 aromatic heterocycles. The van der Waals surface area contributed by atoms with Crippen molar-refractivity contribution in [2.45, 2.75) is 44.7 Å². The van der Waals surface area contributed by atoms with Gasteiger partial charge < -0.3 is 10.2 Å². The van der Waals surface area contributed by atoms with E-state index in [1.165, 1.54) is 17.7 Å². The smallest absolute Gasteiger partial charge is 0.237 e. The highest BCUT2D eigenvalue weighted by molar-refractivity contribution is 7.09. The lowest BCUT2D eigenvalue weighted by Gasteiger charge is -2.35. The average molecular weight is 335 g/mol. The summed E-state index contributed by atoms with van der Waals surface area (Å²) in [5.41, 5.74) is 0. The molecule has 0 saturated carbocycles. The molecule has 0 aromatic carbocycles. The van der Waals surface area contributed by atoms with Crippen LogP contribution in [0.1, 0.15) is 37.0 Å². The normalized spacial score (nSPS) is 23.4. The summed E-state index contributed by atoms with van der Waals surface area (Å²) < 4.78 is 0. The first-order valence-corrected chi connectivity index (χ1v) is 9.44. The SMILES string of the molecule is O=C1NCCN(Cc2cccs2)C1CC(=O)N1CCCCCC1. The zero-order chi connectivity index (χ0) is 16.1. The lowest BCUT2D eigenvalue weighted by atomic mass is 10.1. The Morgan fingerprint density at radius 1 is 1.22 bits per heavy atom. The van der Waals surface area contributed by atoms with Crippen molar-refractivity contribution in [2.24, 2.45) is 0 Å². The summed E-state index contributed by atoms with van der Waals surface area (Å²) in [7, 11) is 0. The number of thiophene rings is 1. The lowest BCUT2D eigenvalue weighted by molar-refractivity contribution is -0.139. The molecule has 0 spiro atoms. The monoisotopic (exact) mass is 335 g/mol. The van der Waals surface area contributed by atoms with Crippen LogP contribution in [0.3, 0.4) is 0 Å². The third kappa shape index (κ3) is 4.32. The topological polar surface area (TPSA) is 52.7 Å². The highest BCUT2D eigenvalue weighted by atomic mass is 32.1. The van der Waals surface area contributed by atoms with Gasteiger partial charge in [0.2, 0.25) is 11.8 Å². The number of carbonyl (C=O) groups excluding carboxylic acids is 2. The Morgan fingerprint density at radius 3 is 2.70 bits per heavy atom. The summed E-state index contributed by atoms with van der Waals surface area (Å²) >= 11 is 1.70. The molecule has 0 radical (unpaired) electrons. The van der Waals surface area contributed by atoms with Crippen LogP contribution in [0.4, 0.5) is 0 Å². The zero-order valence-corrected chi connectivity index (χ0v) is 14.3. The highest BCUT2D eigenvalue weighted by Crippen LogP contribution is 2.19. The van der Waals surface area contributed by atoms with Crippen LogP contribution in [0.25, 0.3) is 0 Å². The molecule has 126 valence electrons. The summed E-state index contributed by atoms with van der Waals surface area (Å²) in [5, 5.41) is 4.97. The van der Waals surface area contributed by atoms with Gasteiger partial charge in [-0.3, -0.25) is 14.5 Å². The Morgan fingerprint density at radius 2 is 2.00 bits per heavy atom. The van der Waals surface area contributed by atoms with Gasteiger partial charge in [-0.05, 0) is 24.3 Å². The number of nitrogens with zero attached hydrogens (tertiary/aromatic N) is 2. The number of rotatable bonds is 4. The molecule has 1 atom stereocenters. The number of nitrogens with one attached hydrogen (secondary N) is 1. The van der Waals surface area contributed by atoms with Gasteiger partial charge in [-0.15, -0.1) is 11.3 Å². The van der Waals surface area contributed by atoms with E-state index in [1.807, 2.05) is 11.0 Å². The molecule has 2 aliphatic heterocycles. The predicted octanol–water partition coefficient (Wildman–Crippen LogP) is 1.84. The quantitative estimate of drug-likeness (QED) is 0.913. The molecule has 2 aliphatic rings. The second kappa shape index (κ2) is 7.93. The average Bonchev–Trinajstić information content (AvgIpc) is 2.90. The van der Waals surface area contributed by atoms with Crippen LogP contribution in [-0.2, 0) is 16.1 Å². The van der Waals surface area contributed by atoms with Gasteiger partial charge in [0.05, 0.1) is 12.5 Å². The van der Waals surface area contributed by atoms with Crippen molar-refractivity contribution in [3.05, 3.63) is 22.4 Å². The number of carbonyl (C=O) groups is 2. The number of piperazine rings is 1. The largest absolute Gasteiger partial charge is 0.353 e. The van der Waals surface area contributed by atoms with Crippen LogP contribution in [0, 0.1) is 0 Å². The van der Waals surface area contributed by atoms with Gasteiger partial charge in [-0.25, -0.2) is 0 Å². The van der Waals surface area contributed by atoms with Crippen molar-refractivity contribution in [3.63, 3.8) is 0 Å². The van der Waals surface area contributed by atoms with E-state index in [0.717, 1.165) is 39.0 Å². The maximum atomic E-state index is 12.6. The van der Waals surface area contributed by atoms with Gasteiger partial charge in [0.25, 0.3) is 0 Å². The first-order chi connectivity index (χ1) is 11.2. The van der Waals surface area contributed by atoms with Crippen molar-refractivity contribution < 1.29 is 9.59 Å². The van der Waals surface area contributed by atoms with E-state index in [9.17, 15) is 9.59 Å². The second-order valence-corrected chi connectivity index (χ2v) is 7.39. The van der Waals surface area contributed by atoms with E-state index in [2.05, 4.69) is 21.7 Å². The number of hydrogen-bond acceptors (Lipinski definition) is 4. The van der Waals surface area contributed by atoms with Crippen LogP contribution in [0.5, 0.6) is 0 Å². The standard InChI is InChI=1S/C17H25N3O2S/c21-16(19-8-3-1-2-4-9-19)12-15-17(22)18-7-10-20(15)13-14-6-5-11-23-14/h5-6,11,15H,1-4,7-10,12-13H2,(H,18,22). The van der Waals surface area contributed by atoms with Crippen LogP contribution in [0.15, 0.2) is 17.5 Å². The summed E-state index contributed by atoms with van der Waals surface area (Å²) in [4.78, 5) is 30.3. The maximum absolute atomic E-state index is 12.6. The number of likely N-dealkylation sites (tertiary alicyclic amines) is 1. The molecule has 2 saturated heterocycles. The van der Waals surface area contributed by atoms with Crippen molar-refractivity contribution >= 4 is 23.2 Å². The number of hydrogen-bond donors (Lipinski definition) is 1. The molecule has 3 rings (SSSR count). The Labute approximate surface area is 141 Å². The van der Waals surface area contributed by atoms with E-state index in [-0.39, 0.29) is 17.9 Å². The minimum absolute atomic E-state index is 0.00372. The van der Waals surface area contributed by atoms with E-state index < -0.39 is 0 Å². The van der Waals surface area contributed by atoms with Gasteiger partial charge in [0.1, 0.15) is 0 Å². The third-order valence-electron chi connectivity index (χ3n) is 4.71. The Kier molecular flexibility index (Phi) is 5.67. The summed E-state index contributed by atoms with van der Waals surface area (Å²) in [6, 6.07) is 3.79. The molecule has 1 aromatic rings. The van der Waals surface area contributed by atoms with Crippen LogP contribution in [-0.4, -0.2) is 53.8 Å². The van der Waals surface area contributed by atoms with Gasteiger partial charge in [0.15, 0.2) is 0 Å². The van der Waals surface area contributed by atoms with Gasteiger partial charge in [-0.2, -0.15) is 0 Å². The predicted molar refractivity (Wildman–Crippen MR) is 91.2 cm³/mol. The van der Waals surface area contributed by atoms with E-state index in [1.54, 1.807) is 11.3 Å². The molecule has 1 N–H and O–H groups in total. The molecule has 0 bridgehead atoms. The van der Waals surface area contributed by atoms with E-state index in [0.29, 0.717) is 13.0 Å².